The minimum absolute atomic E-state index is 0.0618. The fourth-order valence-electron chi connectivity index (χ4n) is 4.55. The van der Waals surface area contributed by atoms with Crippen molar-refractivity contribution in [3.8, 4) is 11.1 Å². The summed E-state index contributed by atoms with van der Waals surface area (Å²) in [4.78, 5) is 26.2. The summed E-state index contributed by atoms with van der Waals surface area (Å²) >= 11 is 0. The Morgan fingerprint density at radius 1 is 1.07 bits per heavy atom. The first kappa shape index (κ1) is 18.8. The van der Waals surface area contributed by atoms with Crippen molar-refractivity contribution in [1.82, 2.24) is 5.32 Å². The highest BCUT2D eigenvalue weighted by molar-refractivity contribution is 6.17. The van der Waals surface area contributed by atoms with E-state index in [4.69, 9.17) is 0 Å². The molecule has 146 valence electrons. The van der Waals surface area contributed by atoms with E-state index < -0.39 is 11.5 Å². The normalized spacial score (nSPS) is 27.2. The third-order valence-electron chi connectivity index (χ3n) is 6.34. The molecule has 0 aromatic heterocycles. The number of Topliss-reactive ketones (excluding diaryl/α,β-unsaturated/α-hetero) is 1. The van der Waals surface area contributed by atoms with Gasteiger partial charge in [0, 0.05) is 6.61 Å². The molecule has 1 spiro atoms. The molecule has 2 aromatic carbocycles. The molecule has 2 aliphatic rings. The molecule has 2 aromatic rings. The lowest BCUT2D eigenvalue weighted by atomic mass is 9.73. The maximum absolute atomic E-state index is 13.3. The van der Waals surface area contributed by atoms with Crippen LogP contribution in [0.4, 0.5) is 4.39 Å². The van der Waals surface area contributed by atoms with Gasteiger partial charge in [0.15, 0.2) is 5.78 Å². The van der Waals surface area contributed by atoms with Gasteiger partial charge in [0.05, 0.1) is 5.54 Å². The fraction of sp³-hybridized carbons (Fsp3) is 0.391. The Morgan fingerprint density at radius 3 is 2.36 bits per heavy atom. The number of hydrogen-bond acceptors (Lipinski definition) is 3. The second-order valence-corrected chi connectivity index (χ2v) is 8.07. The summed E-state index contributed by atoms with van der Waals surface area (Å²) in [5.41, 5.74) is 2.50. The molecular weight excluding hydrogens is 357 g/mol. The summed E-state index contributed by atoms with van der Waals surface area (Å²) < 4.78 is 13.2. The van der Waals surface area contributed by atoms with Gasteiger partial charge >= 0.3 is 0 Å². The van der Waals surface area contributed by atoms with Crippen molar-refractivity contribution < 1.29 is 19.1 Å². The fourth-order valence-corrected chi connectivity index (χ4v) is 4.55. The number of hydrogen-bond donors (Lipinski definition) is 2. The number of aryl methyl sites for hydroxylation is 1. The van der Waals surface area contributed by atoms with E-state index in [1.54, 1.807) is 12.1 Å². The van der Waals surface area contributed by atoms with Crippen molar-refractivity contribution in [2.24, 2.45) is 5.92 Å². The van der Waals surface area contributed by atoms with E-state index in [0.29, 0.717) is 18.4 Å². The number of nitrogens with one attached hydrogen (secondary N) is 1. The van der Waals surface area contributed by atoms with Crippen LogP contribution < -0.4 is 5.32 Å². The monoisotopic (exact) mass is 381 g/mol. The van der Waals surface area contributed by atoms with Crippen LogP contribution in [0.2, 0.25) is 0 Å². The van der Waals surface area contributed by atoms with Crippen LogP contribution in [0.3, 0.4) is 0 Å². The summed E-state index contributed by atoms with van der Waals surface area (Å²) in [6.07, 6.45) is 2.64. The lowest BCUT2D eigenvalue weighted by Gasteiger charge is -2.35. The zero-order valence-electron chi connectivity index (χ0n) is 15.9. The smallest absolute Gasteiger partial charge is 0.235 e. The van der Waals surface area contributed by atoms with Crippen molar-refractivity contribution in [3.05, 3.63) is 59.4 Å². The van der Waals surface area contributed by atoms with E-state index in [-0.39, 0.29) is 30.0 Å². The van der Waals surface area contributed by atoms with Crippen LogP contribution in [0.1, 0.15) is 42.7 Å². The first-order chi connectivity index (χ1) is 13.4. The maximum Gasteiger partial charge on any atom is 0.235 e. The van der Waals surface area contributed by atoms with Gasteiger partial charge < -0.3 is 10.4 Å². The molecule has 1 aliphatic heterocycles. The predicted molar refractivity (Wildman–Crippen MR) is 104 cm³/mol. The standard InChI is InChI=1S/C23H24FNO3/c1-14-2-3-17(16-4-6-18(24)7-5-16)12-19(14)20-21(27)23(25-22(20)28)10-8-15(13-26)9-11-23/h2-7,12,15,20,26H,8-11,13H2,1H3,(H,25,28). The van der Waals surface area contributed by atoms with Crippen molar-refractivity contribution in [2.75, 3.05) is 6.61 Å². The summed E-state index contributed by atoms with van der Waals surface area (Å²) in [6, 6.07) is 11.9. The highest BCUT2D eigenvalue weighted by Gasteiger charge is 2.54. The Hall–Kier alpha value is -2.53. The number of carbonyl (C=O) groups excluding carboxylic acids is 2. The molecule has 5 heteroatoms. The highest BCUT2D eigenvalue weighted by atomic mass is 19.1. The number of aliphatic hydroxyl groups excluding tert-OH is 1. The number of rotatable bonds is 3. The Kier molecular flexibility index (Phi) is 4.79. The Labute approximate surface area is 163 Å². The zero-order valence-corrected chi connectivity index (χ0v) is 15.9. The third-order valence-corrected chi connectivity index (χ3v) is 6.34. The van der Waals surface area contributed by atoms with E-state index in [2.05, 4.69) is 5.32 Å². The molecule has 4 nitrogen and oxygen atoms in total. The average molecular weight is 381 g/mol. The van der Waals surface area contributed by atoms with E-state index in [9.17, 15) is 19.1 Å². The van der Waals surface area contributed by atoms with Gasteiger partial charge in [-0.05, 0) is 79.0 Å². The molecule has 1 atom stereocenters. The number of carbonyl (C=O) groups is 2. The lowest BCUT2D eigenvalue weighted by Crippen LogP contribution is -2.49. The number of benzene rings is 2. The van der Waals surface area contributed by atoms with Gasteiger partial charge in [0.2, 0.25) is 5.91 Å². The number of amides is 1. The first-order valence-corrected chi connectivity index (χ1v) is 9.77. The molecule has 0 bridgehead atoms. The van der Waals surface area contributed by atoms with Gasteiger partial charge in [-0.1, -0.05) is 24.3 Å². The molecule has 4 rings (SSSR count). The van der Waals surface area contributed by atoms with Crippen LogP contribution in [0.5, 0.6) is 0 Å². The van der Waals surface area contributed by atoms with Gasteiger partial charge in [-0.2, -0.15) is 0 Å². The molecule has 1 saturated heterocycles. The molecule has 1 unspecified atom stereocenters. The molecule has 1 amide bonds. The van der Waals surface area contributed by atoms with E-state index in [1.165, 1.54) is 12.1 Å². The molecule has 1 aliphatic carbocycles. The van der Waals surface area contributed by atoms with Crippen molar-refractivity contribution in [1.29, 1.82) is 0 Å². The molecular formula is C23H24FNO3. The average Bonchev–Trinajstić information content (AvgIpc) is 2.93. The van der Waals surface area contributed by atoms with E-state index >= 15 is 0 Å². The minimum atomic E-state index is -0.814. The maximum atomic E-state index is 13.3. The van der Waals surface area contributed by atoms with Crippen LogP contribution in [0.15, 0.2) is 42.5 Å². The number of aliphatic hydroxyl groups is 1. The van der Waals surface area contributed by atoms with Gasteiger partial charge in [-0.3, -0.25) is 9.59 Å². The molecule has 0 radical (unpaired) electrons. The third kappa shape index (κ3) is 3.14. The summed E-state index contributed by atoms with van der Waals surface area (Å²) in [7, 11) is 0. The van der Waals surface area contributed by atoms with Crippen molar-refractivity contribution in [2.45, 2.75) is 44.1 Å². The zero-order chi connectivity index (χ0) is 19.9. The second kappa shape index (κ2) is 7.13. The summed E-state index contributed by atoms with van der Waals surface area (Å²) in [5.74, 6) is -1.22. The van der Waals surface area contributed by atoms with Crippen LogP contribution >= 0.6 is 0 Å². The number of ketones is 1. The second-order valence-electron chi connectivity index (χ2n) is 8.07. The Balaban J connectivity index is 1.67. The van der Waals surface area contributed by atoms with Gasteiger partial charge in [-0.25, -0.2) is 4.39 Å². The molecule has 28 heavy (non-hydrogen) atoms. The van der Waals surface area contributed by atoms with Gasteiger partial charge in [0.1, 0.15) is 11.7 Å². The topological polar surface area (TPSA) is 66.4 Å². The molecule has 1 heterocycles. The Bertz CT molecular complexity index is 914. The minimum Gasteiger partial charge on any atom is -0.396 e. The molecule has 2 fully saturated rings. The van der Waals surface area contributed by atoms with Crippen LogP contribution in [0, 0.1) is 18.7 Å². The first-order valence-electron chi connectivity index (χ1n) is 9.77. The van der Waals surface area contributed by atoms with Crippen molar-refractivity contribution in [3.63, 3.8) is 0 Å². The molecule has 1 saturated carbocycles. The lowest BCUT2D eigenvalue weighted by molar-refractivity contribution is -0.126. The number of halogens is 1. The van der Waals surface area contributed by atoms with Crippen LogP contribution in [-0.2, 0) is 9.59 Å². The van der Waals surface area contributed by atoms with Crippen LogP contribution in [-0.4, -0.2) is 28.9 Å². The quantitative estimate of drug-likeness (QED) is 0.800. The largest absolute Gasteiger partial charge is 0.396 e. The predicted octanol–water partition coefficient (Wildman–Crippen LogP) is 3.50. The molecule has 2 N–H and O–H groups in total. The summed E-state index contributed by atoms with van der Waals surface area (Å²) in [6.45, 7) is 2.03. The van der Waals surface area contributed by atoms with Gasteiger partial charge in [0.25, 0.3) is 0 Å². The van der Waals surface area contributed by atoms with E-state index in [0.717, 1.165) is 29.5 Å². The highest BCUT2D eigenvalue weighted by Crippen LogP contribution is 2.42. The van der Waals surface area contributed by atoms with Crippen molar-refractivity contribution >= 4 is 11.7 Å². The van der Waals surface area contributed by atoms with Gasteiger partial charge in [-0.15, -0.1) is 0 Å². The summed E-state index contributed by atoms with van der Waals surface area (Å²) in [5, 5.41) is 12.4. The SMILES string of the molecule is Cc1ccc(-c2ccc(F)cc2)cc1C1C(=O)NC2(CCC(CO)CC2)C1=O. The van der Waals surface area contributed by atoms with E-state index in [1.807, 2.05) is 25.1 Å². The van der Waals surface area contributed by atoms with Crippen LogP contribution in [0.25, 0.3) is 11.1 Å². The Morgan fingerprint density at radius 2 is 1.71 bits per heavy atom.